The number of nitro groups is 1. The van der Waals surface area contributed by atoms with Gasteiger partial charge in [0, 0.05) is 23.9 Å². The summed E-state index contributed by atoms with van der Waals surface area (Å²) in [6.07, 6.45) is 2.97. The van der Waals surface area contributed by atoms with Crippen LogP contribution < -0.4 is 14.8 Å². The van der Waals surface area contributed by atoms with Gasteiger partial charge in [-0.1, -0.05) is 42.5 Å². The average Bonchev–Trinajstić information content (AvgIpc) is 2.77. The van der Waals surface area contributed by atoms with Crippen LogP contribution in [0.5, 0.6) is 11.5 Å². The topological polar surface area (TPSA) is 90.7 Å². The van der Waals surface area contributed by atoms with Crippen LogP contribution in [-0.4, -0.2) is 17.9 Å². The molecule has 152 valence electrons. The number of amides is 1. The molecule has 0 bridgehead atoms. The van der Waals surface area contributed by atoms with Crippen LogP contribution in [0.4, 0.5) is 11.4 Å². The van der Waals surface area contributed by atoms with E-state index in [-0.39, 0.29) is 5.69 Å². The molecule has 0 saturated heterocycles. The van der Waals surface area contributed by atoms with Crippen molar-refractivity contribution in [1.82, 2.24) is 0 Å². The normalized spacial score (nSPS) is 10.6. The van der Waals surface area contributed by atoms with Crippen molar-refractivity contribution in [1.29, 1.82) is 0 Å². The molecule has 0 aliphatic carbocycles. The van der Waals surface area contributed by atoms with E-state index >= 15 is 0 Å². The maximum Gasteiger partial charge on any atom is 0.271 e. The Kier molecular flexibility index (Phi) is 6.78. The van der Waals surface area contributed by atoms with Crippen molar-refractivity contribution in [3.8, 4) is 11.5 Å². The Balaban J connectivity index is 1.64. The van der Waals surface area contributed by atoms with E-state index in [1.165, 1.54) is 24.3 Å². The van der Waals surface area contributed by atoms with Gasteiger partial charge in [-0.25, -0.2) is 0 Å². The molecule has 0 unspecified atom stereocenters. The first-order valence-corrected chi connectivity index (χ1v) is 9.13. The first-order valence-electron chi connectivity index (χ1n) is 9.13. The summed E-state index contributed by atoms with van der Waals surface area (Å²) >= 11 is 0. The minimum Gasteiger partial charge on any atom is -0.493 e. The number of nitro benzene ring substituents is 1. The molecule has 7 heteroatoms. The summed E-state index contributed by atoms with van der Waals surface area (Å²) in [6.45, 7) is 0.415. The lowest BCUT2D eigenvalue weighted by Crippen LogP contribution is -2.07. The zero-order chi connectivity index (χ0) is 21.3. The van der Waals surface area contributed by atoms with E-state index in [9.17, 15) is 14.9 Å². The number of nitrogens with one attached hydrogen (secondary N) is 1. The lowest BCUT2D eigenvalue weighted by Gasteiger charge is -2.11. The van der Waals surface area contributed by atoms with Crippen molar-refractivity contribution in [3.63, 3.8) is 0 Å². The predicted molar refractivity (Wildman–Crippen MR) is 115 cm³/mol. The number of benzene rings is 3. The number of non-ortho nitro benzene ring substituents is 1. The third-order valence-corrected chi connectivity index (χ3v) is 4.18. The van der Waals surface area contributed by atoms with E-state index in [0.29, 0.717) is 23.8 Å². The van der Waals surface area contributed by atoms with Gasteiger partial charge < -0.3 is 14.8 Å². The average molecular weight is 404 g/mol. The molecule has 3 rings (SSSR count). The van der Waals surface area contributed by atoms with Crippen LogP contribution in [0.25, 0.3) is 6.08 Å². The van der Waals surface area contributed by atoms with Crippen molar-refractivity contribution < 1.29 is 19.2 Å². The van der Waals surface area contributed by atoms with Crippen molar-refractivity contribution in [2.45, 2.75) is 6.61 Å². The fourth-order valence-corrected chi connectivity index (χ4v) is 2.70. The van der Waals surface area contributed by atoms with Crippen LogP contribution in [-0.2, 0) is 11.4 Å². The summed E-state index contributed by atoms with van der Waals surface area (Å²) in [7, 11) is 1.55. The first-order chi connectivity index (χ1) is 14.5. The molecule has 0 spiro atoms. The van der Waals surface area contributed by atoms with Crippen molar-refractivity contribution in [3.05, 3.63) is 100 Å². The van der Waals surface area contributed by atoms with Gasteiger partial charge in [-0.15, -0.1) is 0 Å². The molecule has 0 heterocycles. The minimum absolute atomic E-state index is 0.0902. The molecule has 7 nitrogen and oxygen atoms in total. The molecular formula is C23H20N2O5. The van der Waals surface area contributed by atoms with Crippen LogP contribution in [0.3, 0.4) is 0 Å². The van der Waals surface area contributed by atoms with Gasteiger partial charge in [-0.3, -0.25) is 14.9 Å². The number of carbonyl (C=O) groups is 1. The first kappa shape index (κ1) is 20.6. The van der Waals surface area contributed by atoms with Gasteiger partial charge in [0.25, 0.3) is 5.69 Å². The van der Waals surface area contributed by atoms with Gasteiger partial charge >= 0.3 is 0 Å². The Morgan fingerprint density at radius 2 is 1.83 bits per heavy atom. The van der Waals surface area contributed by atoms with E-state index in [4.69, 9.17) is 9.47 Å². The zero-order valence-electron chi connectivity index (χ0n) is 16.3. The molecule has 30 heavy (non-hydrogen) atoms. The molecule has 0 aliphatic heterocycles. The molecule has 0 aromatic heterocycles. The summed E-state index contributed by atoms with van der Waals surface area (Å²) in [4.78, 5) is 22.4. The van der Waals surface area contributed by atoms with Crippen LogP contribution in [0.15, 0.2) is 78.9 Å². The number of anilines is 1. The highest BCUT2D eigenvalue weighted by Gasteiger charge is 2.08. The Morgan fingerprint density at radius 1 is 1.03 bits per heavy atom. The summed E-state index contributed by atoms with van der Waals surface area (Å²) in [5, 5.41) is 13.4. The molecule has 0 radical (unpaired) electrons. The van der Waals surface area contributed by atoms with Crippen molar-refractivity contribution in [2.24, 2.45) is 0 Å². The smallest absolute Gasteiger partial charge is 0.271 e. The lowest BCUT2D eigenvalue weighted by atomic mass is 10.2. The lowest BCUT2D eigenvalue weighted by molar-refractivity contribution is -0.384. The fraction of sp³-hybridized carbons (Fsp3) is 0.0870. The van der Waals surface area contributed by atoms with E-state index in [1.807, 2.05) is 30.3 Å². The fourth-order valence-electron chi connectivity index (χ4n) is 2.70. The summed E-state index contributed by atoms with van der Waals surface area (Å²) < 4.78 is 11.2. The molecule has 3 aromatic carbocycles. The number of nitrogens with zero attached hydrogens (tertiary/aromatic N) is 1. The maximum absolute atomic E-state index is 12.1. The van der Waals surface area contributed by atoms with Gasteiger partial charge in [0.15, 0.2) is 11.5 Å². The second kappa shape index (κ2) is 9.88. The monoisotopic (exact) mass is 404 g/mol. The largest absolute Gasteiger partial charge is 0.493 e. The molecule has 0 atom stereocenters. The number of hydrogen-bond acceptors (Lipinski definition) is 5. The summed E-state index contributed by atoms with van der Waals surface area (Å²) in [5.41, 5.74) is 2.04. The van der Waals surface area contributed by atoms with Gasteiger partial charge in [-0.2, -0.15) is 0 Å². The molecule has 0 fully saturated rings. The van der Waals surface area contributed by atoms with Gasteiger partial charge in [-0.05, 0) is 35.4 Å². The highest BCUT2D eigenvalue weighted by atomic mass is 16.6. The van der Waals surface area contributed by atoms with Crippen LogP contribution in [0.1, 0.15) is 11.1 Å². The number of carbonyl (C=O) groups excluding carboxylic acids is 1. The second-order valence-corrected chi connectivity index (χ2v) is 6.31. The SMILES string of the molecule is COc1cc(/C=C/C(=O)Nc2cccc([N+](=O)[O-])c2)ccc1OCc1ccccc1. The van der Waals surface area contributed by atoms with Crippen LogP contribution in [0, 0.1) is 10.1 Å². The Morgan fingerprint density at radius 3 is 2.57 bits per heavy atom. The quantitative estimate of drug-likeness (QED) is 0.330. The van der Waals surface area contributed by atoms with Crippen molar-refractivity contribution in [2.75, 3.05) is 12.4 Å². The van der Waals surface area contributed by atoms with Gasteiger partial charge in [0.05, 0.1) is 12.0 Å². The van der Waals surface area contributed by atoms with Crippen LogP contribution in [0.2, 0.25) is 0 Å². The summed E-state index contributed by atoms with van der Waals surface area (Å²) in [5.74, 6) is 0.741. The Bertz CT molecular complexity index is 1060. The number of ether oxygens (including phenoxy) is 2. The zero-order valence-corrected chi connectivity index (χ0v) is 16.3. The molecule has 1 amide bonds. The third-order valence-electron chi connectivity index (χ3n) is 4.18. The maximum atomic E-state index is 12.1. The van der Waals surface area contributed by atoms with Gasteiger partial charge in [0.2, 0.25) is 5.91 Å². The summed E-state index contributed by atoms with van der Waals surface area (Å²) in [6, 6.07) is 20.9. The van der Waals surface area contributed by atoms with E-state index < -0.39 is 10.8 Å². The Hall–Kier alpha value is -4.13. The molecule has 0 aliphatic rings. The molecule has 0 saturated carbocycles. The minimum atomic E-state index is -0.515. The van der Waals surface area contributed by atoms with E-state index in [2.05, 4.69) is 5.32 Å². The molecule has 3 aromatic rings. The number of hydrogen-bond donors (Lipinski definition) is 1. The van der Waals surface area contributed by atoms with E-state index in [1.54, 1.807) is 37.5 Å². The Labute approximate surface area is 173 Å². The third kappa shape index (κ3) is 5.68. The number of methoxy groups -OCH3 is 1. The van der Waals surface area contributed by atoms with Gasteiger partial charge in [0.1, 0.15) is 6.61 Å². The molecule has 1 N–H and O–H groups in total. The highest BCUT2D eigenvalue weighted by molar-refractivity contribution is 6.02. The number of rotatable bonds is 8. The van der Waals surface area contributed by atoms with Crippen LogP contribution >= 0.6 is 0 Å². The standard InChI is InChI=1S/C23H20N2O5/c1-29-22-14-17(10-12-21(22)30-16-18-6-3-2-4-7-18)11-13-23(26)24-19-8-5-9-20(15-19)25(27)28/h2-15H,16H2,1H3,(H,24,26)/b13-11+. The molecular weight excluding hydrogens is 384 g/mol. The van der Waals surface area contributed by atoms with E-state index in [0.717, 1.165) is 11.1 Å². The van der Waals surface area contributed by atoms with Crippen molar-refractivity contribution >= 4 is 23.4 Å². The predicted octanol–water partition coefficient (Wildman–Crippen LogP) is 4.83. The second-order valence-electron chi connectivity index (χ2n) is 6.31. The highest BCUT2D eigenvalue weighted by Crippen LogP contribution is 2.29.